The number of nitrogens with zero attached hydrogens (tertiary/aromatic N) is 4. The van der Waals surface area contributed by atoms with E-state index in [0.717, 1.165) is 4.68 Å². The predicted molar refractivity (Wildman–Crippen MR) is 74.9 cm³/mol. The van der Waals surface area contributed by atoms with Crippen molar-refractivity contribution in [3.63, 3.8) is 0 Å². The van der Waals surface area contributed by atoms with Gasteiger partial charge in [0.1, 0.15) is 5.69 Å². The van der Waals surface area contributed by atoms with Crippen LogP contribution in [0.3, 0.4) is 0 Å². The third-order valence-electron chi connectivity index (χ3n) is 2.81. The van der Waals surface area contributed by atoms with Crippen LogP contribution in [0, 0.1) is 0 Å². The Morgan fingerprint density at radius 2 is 2.05 bits per heavy atom. The molecule has 0 saturated heterocycles. The van der Waals surface area contributed by atoms with E-state index in [0.29, 0.717) is 19.5 Å². The molecule has 8 nitrogen and oxygen atoms in total. The number of hydrogen-bond acceptors (Lipinski definition) is 5. The summed E-state index contributed by atoms with van der Waals surface area (Å²) in [5.41, 5.74) is -0.281. The molecular weight excluding hydrogens is 274 g/mol. The molecule has 8 heteroatoms. The second-order valence-electron chi connectivity index (χ2n) is 4.37. The molecule has 110 valence electrons. The van der Waals surface area contributed by atoms with Crippen LogP contribution in [0.4, 0.5) is 0 Å². The Bertz CT molecular complexity index is 750. The fraction of sp³-hybridized carbons (Fsp3) is 0.308. The molecule has 21 heavy (non-hydrogen) atoms. The highest BCUT2D eigenvalue weighted by Gasteiger charge is 2.07. The summed E-state index contributed by atoms with van der Waals surface area (Å²) in [6.45, 7) is 0.799. The lowest BCUT2D eigenvalue weighted by Gasteiger charge is -2.06. The van der Waals surface area contributed by atoms with Gasteiger partial charge in [0, 0.05) is 38.5 Å². The molecule has 0 saturated carbocycles. The van der Waals surface area contributed by atoms with Crippen molar-refractivity contribution in [2.75, 3.05) is 6.54 Å². The Balaban J connectivity index is 1.84. The van der Waals surface area contributed by atoms with Crippen molar-refractivity contribution in [1.29, 1.82) is 0 Å². The van der Waals surface area contributed by atoms with Crippen molar-refractivity contribution in [2.45, 2.75) is 13.0 Å². The molecule has 0 aliphatic rings. The Morgan fingerprint density at radius 3 is 2.76 bits per heavy atom. The van der Waals surface area contributed by atoms with Crippen molar-refractivity contribution in [3.8, 4) is 0 Å². The molecule has 0 fully saturated rings. The first kappa shape index (κ1) is 14.6. The van der Waals surface area contributed by atoms with Gasteiger partial charge in [0.15, 0.2) is 0 Å². The number of rotatable bonds is 5. The average Bonchev–Trinajstić information content (AvgIpc) is 2.48. The number of aryl methyl sites for hydroxylation is 2. The lowest BCUT2D eigenvalue weighted by atomic mass is 10.3. The van der Waals surface area contributed by atoms with E-state index in [9.17, 15) is 14.4 Å². The van der Waals surface area contributed by atoms with Gasteiger partial charge in [-0.1, -0.05) is 0 Å². The predicted octanol–water partition coefficient (Wildman–Crippen LogP) is -0.843. The van der Waals surface area contributed by atoms with Crippen molar-refractivity contribution in [2.24, 2.45) is 7.05 Å². The van der Waals surface area contributed by atoms with E-state index in [-0.39, 0.29) is 22.7 Å². The van der Waals surface area contributed by atoms with E-state index in [4.69, 9.17) is 0 Å². The van der Waals surface area contributed by atoms with E-state index >= 15 is 0 Å². The normalized spacial score (nSPS) is 10.3. The fourth-order valence-electron chi connectivity index (χ4n) is 1.70. The average molecular weight is 289 g/mol. The molecule has 2 aromatic heterocycles. The highest BCUT2D eigenvalue weighted by molar-refractivity contribution is 5.91. The SMILES string of the molecule is Cn1nc(C(=O)NCCCn2ncccc2=O)ccc1=O. The Hall–Kier alpha value is -2.77. The van der Waals surface area contributed by atoms with Crippen LogP contribution in [0.5, 0.6) is 0 Å². The summed E-state index contributed by atoms with van der Waals surface area (Å²) < 4.78 is 2.43. The van der Waals surface area contributed by atoms with Crippen molar-refractivity contribution in [3.05, 3.63) is 56.9 Å². The Kier molecular flexibility index (Phi) is 4.60. The van der Waals surface area contributed by atoms with E-state index < -0.39 is 0 Å². The monoisotopic (exact) mass is 289 g/mol. The molecule has 1 N–H and O–H groups in total. The number of amides is 1. The molecule has 0 unspecified atom stereocenters. The van der Waals surface area contributed by atoms with Gasteiger partial charge in [-0.15, -0.1) is 0 Å². The quantitative estimate of drug-likeness (QED) is 0.723. The van der Waals surface area contributed by atoms with Gasteiger partial charge in [0.25, 0.3) is 17.0 Å². The summed E-state index contributed by atoms with van der Waals surface area (Å²) in [6, 6.07) is 5.67. The van der Waals surface area contributed by atoms with Gasteiger partial charge in [-0.3, -0.25) is 14.4 Å². The van der Waals surface area contributed by atoms with Gasteiger partial charge >= 0.3 is 0 Å². The first-order valence-corrected chi connectivity index (χ1v) is 6.42. The van der Waals surface area contributed by atoms with Crippen molar-refractivity contribution in [1.82, 2.24) is 24.9 Å². The van der Waals surface area contributed by atoms with Crippen LogP contribution < -0.4 is 16.4 Å². The zero-order chi connectivity index (χ0) is 15.2. The summed E-state index contributed by atoms with van der Waals surface area (Å²) in [6.07, 6.45) is 2.10. The molecule has 0 bridgehead atoms. The maximum absolute atomic E-state index is 11.8. The summed E-state index contributed by atoms with van der Waals surface area (Å²) in [5.74, 6) is -0.362. The summed E-state index contributed by atoms with van der Waals surface area (Å²) in [7, 11) is 1.48. The van der Waals surface area contributed by atoms with Gasteiger partial charge < -0.3 is 5.32 Å². The minimum Gasteiger partial charge on any atom is -0.351 e. The molecule has 2 rings (SSSR count). The maximum Gasteiger partial charge on any atom is 0.271 e. The first-order chi connectivity index (χ1) is 10.1. The lowest BCUT2D eigenvalue weighted by Crippen LogP contribution is -2.30. The standard InChI is InChI=1S/C13H15N5O3/c1-17-11(19)6-5-10(16-17)13(21)14-7-3-9-18-12(20)4-2-8-15-18/h2,4-6,8H,3,7,9H2,1H3,(H,14,21). The van der Waals surface area contributed by atoms with Gasteiger partial charge in [0.05, 0.1) is 0 Å². The van der Waals surface area contributed by atoms with Crippen LogP contribution in [-0.4, -0.2) is 32.0 Å². The second-order valence-corrected chi connectivity index (χ2v) is 4.37. The van der Waals surface area contributed by atoms with Crippen LogP contribution in [-0.2, 0) is 13.6 Å². The zero-order valence-corrected chi connectivity index (χ0v) is 11.5. The first-order valence-electron chi connectivity index (χ1n) is 6.42. The topological polar surface area (TPSA) is 98.9 Å². The maximum atomic E-state index is 11.8. The molecule has 0 radical (unpaired) electrons. The minimum absolute atomic E-state index is 0.173. The summed E-state index contributed by atoms with van der Waals surface area (Å²) in [4.78, 5) is 34.4. The van der Waals surface area contributed by atoms with Gasteiger partial charge in [-0.25, -0.2) is 9.36 Å². The smallest absolute Gasteiger partial charge is 0.271 e. The number of hydrogen-bond donors (Lipinski definition) is 1. The number of carbonyl (C=O) groups excluding carboxylic acids is 1. The summed E-state index contributed by atoms with van der Waals surface area (Å²) in [5, 5.41) is 10.4. The van der Waals surface area contributed by atoms with E-state index in [1.54, 1.807) is 6.07 Å². The number of carbonyl (C=O) groups is 1. The van der Waals surface area contributed by atoms with Crippen LogP contribution in [0.15, 0.2) is 40.1 Å². The Labute approximate surface area is 120 Å². The van der Waals surface area contributed by atoms with E-state index in [1.807, 2.05) is 0 Å². The molecular formula is C13H15N5O3. The van der Waals surface area contributed by atoms with Crippen LogP contribution in [0.2, 0.25) is 0 Å². The van der Waals surface area contributed by atoms with Crippen LogP contribution >= 0.6 is 0 Å². The van der Waals surface area contributed by atoms with Crippen molar-refractivity contribution >= 4 is 5.91 Å². The third-order valence-corrected chi connectivity index (χ3v) is 2.81. The molecule has 0 aromatic carbocycles. The molecule has 0 atom stereocenters. The number of aromatic nitrogens is 4. The minimum atomic E-state index is -0.362. The molecule has 1 amide bonds. The second kappa shape index (κ2) is 6.60. The molecule has 2 heterocycles. The largest absolute Gasteiger partial charge is 0.351 e. The van der Waals surface area contributed by atoms with E-state index in [1.165, 1.54) is 36.1 Å². The fourth-order valence-corrected chi connectivity index (χ4v) is 1.70. The molecule has 2 aromatic rings. The molecule has 0 aliphatic heterocycles. The third kappa shape index (κ3) is 3.85. The zero-order valence-electron chi connectivity index (χ0n) is 11.5. The molecule has 0 spiro atoms. The highest BCUT2D eigenvalue weighted by atomic mass is 16.2. The van der Waals surface area contributed by atoms with E-state index in [2.05, 4.69) is 15.5 Å². The van der Waals surface area contributed by atoms with Crippen LogP contribution in [0.1, 0.15) is 16.9 Å². The van der Waals surface area contributed by atoms with Crippen LogP contribution in [0.25, 0.3) is 0 Å². The van der Waals surface area contributed by atoms with Gasteiger partial charge in [0.2, 0.25) is 0 Å². The van der Waals surface area contributed by atoms with Gasteiger partial charge in [-0.05, 0) is 18.6 Å². The number of nitrogens with one attached hydrogen (secondary N) is 1. The summed E-state index contributed by atoms with van der Waals surface area (Å²) >= 11 is 0. The Morgan fingerprint density at radius 1 is 1.24 bits per heavy atom. The lowest BCUT2D eigenvalue weighted by molar-refractivity contribution is 0.0945. The molecule has 0 aliphatic carbocycles. The van der Waals surface area contributed by atoms with Crippen molar-refractivity contribution < 1.29 is 4.79 Å². The van der Waals surface area contributed by atoms with Gasteiger partial charge in [-0.2, -0.15) is 10.2 Å². The highest BCUT2D eigenvalue weighted by Crippen LogP contribution is 1.90.